The summed E-state index contributed by atoms with van der Waals surface area (Å²) in [5.74, 6) is -1.26. The van der Waals surface area contributed by atoms with Gasteiger partial charge in [0.1, 0.15) is 11.6 Å². The largest absolute Gasteiger partial charge is 0.396 e. The van der Waals surface area contributed by atoms with Crippen molar-refractivity contribution in [3.05, 3.63) is 35.4 Å². The molecule has 17 heavy (non-hydrogen) atoms. The van der Waals surface area contributed by atoms with Crippen LogP contribution in [-0.2, 0) is 6.42 Å². The SMILES string of the molecule is CCCC(CO)(CO)Cc1c(F)cccc1F. The van der Waals surface area contributed by atoms with E-state index in [-0.39, 0.29) is 25.2 Å². The highest BCUT2D eigenvalue weighted by atomic mass is 19.1. The number of benzene rings is 1. The summed E-state index contributed by atoms with van der Waals surface area (Å²) in [5.41, 5.74) is -0.915. The van der Waals surface area contributed by atoms with Crippen molar-refractivity contribution in [2.75, 3.05) is 13.2 Å². The zero-order chi connectivity index (χ0) is 12.9. The van der Waals surface area contributed by atoms with Crippen LogP contribution in [0.5, 0.6) is 0 Å². The summed E-state index contributed by atoms with van der Waals surface area (Å²) >= 11 is 0. The molecule has 0 fully saturated rings. The number of hydrogen-bond donors (Lipinski definition) is 2. The van der Waals surface area contributed by atoms with Crippen molar-refractivity contribution in [2.24, 2.45) is 5.41 Å². The van der Waals surface area contributed by atoms with Gasteiger partial charge < -0.3 is 10.2 Å². The van der Waals surface area contributed by atoms with Crippen LogP contribution in [0.1, 0.15) is 25.3 Å². The molecule has 96 valence electrons. The van der Waals surface area contributed by atoms with Crippen LogP contribution >= 0.6 is 0 Å². The predicted molar refractivity (Wildman–Crippen MR) is 61.6 cm³/mol. The number of halogens is 2. The minimum absolute atomic E-state index is 0.00630. The Balaban J connectivity index is 3.01. The van der Waals surface area contributed by atoms with Gasteiger partial charge in [-0.15, -0.1) is 0 Å². The van der Waals surface area contributed by atoms with Gasteiger partial charge in [0.2, 0.25) is 0 Å². The van der Waals surface area contributed by atoms with E-state index < -0.39 is 17.0 Å². The molecule has 1 rings (SSSR count). The Morgan fingerprint density at radius 1 is 1.12 bits per heavy atom. The monoisotopic (exact) mass is 244 g/mol. The van der Waals surface area contributed by atoms with Crippen LogP contribution < -0.4 is 0 Å². The van der Waals surface area contributed by atoms with Crippen molar-refractivity contribution in [3.63, 3.8) is 0 Å². The third-order valence-corrected chi connectivity index (χ3v) is 3.06. The standard InChI is InChI=1S/C13H18F2O2/c1-2-6-13(8-16,9-17)7-10-11(14)4-3-5-12(10)15/h3-5,16-17H,2,6-9H2,1H3. The second-order valence-electron chi connectivity index (χ2n) is 4.44. The molecule has 0 heterocycles. The van der Waals surface area contributed by atoms with E-state index in [9.17, 15) is 19.0 Å². The first-order chi connectivity index (χ1) is 8.08. The Labute approximate surface area is 99.9 Å². The van der Waals surface area contributed by atoms with E-state index in [0.29, 0.717) is 6.42 Å². The highest BCUT2D eigenvalue weighted by molar-refractivity contribution is 5.21. The molecule has 0 aliphatic heterocycles. The van der Waals surface area contributed by atoms with E-state index in [2.05, 4.69) is 0 Å². The molecule has 4 heteroatoms. The quantitative estimate of drug-likeness (QED) is 0.806. The van der Waals surface area contributed by atoms with Crippen LogP contribution in [0.2, 0.25) is 0 Å². The molecule has 0 saturated heterocycles. The maximum absolute atomic E-state index is 13.5. The van der Waals surface area contributed by atoms with Gasteiger partial charge in [0.05, 0.1) is 13.2 Å². The van der Waals surface area contributed by atoms with Crippen LogP contribution in [0, 0.1) is 17.0 Å². The minimum Gasteiger partial charge on any atom is -0.396 e. The van der Waals surface area contributed by atoms with Crippen LogP contribution in [0.25, 0.3) is 0 Å². The fourth-order valence-electron chi connectivity index (χ4n) is 2.01. The molecular formula is C13H18F2O2. The first-order valence-electron chi connectivity index (χ1n) is 5.73. The van der Waals surface area contributed by atoms with Crippen molar-refractivity contribution in [2.45, 2.75) is 26.2 Å². The van der Waals surface area contributed by atoms with Crippen molar-refractivity contribution in [1.82, 2.24) is 0 Å². The summed E-state index contributed by atoms with van der Waals surface area (Å²) in [6, 6.07) is 3.67. The average molecular weight is 244 g/mol. The molecule has 0 aliphatic carbocycles. The maximum atomic E-state index is 13.5. The molecule has 0 aliphatic rings. The highest BCUT2D eigenvalue weighted by Gasteiger charge is 2.30. The number of aliphatic hydroxyl groups is 2. The van der Waals surface area contributed by atoms with E-state index in [4.69, 9.17) is 0 Å². The van der Waals surface area contributed by atoms with Crippen LogP contribution in [0.4, 0.5) is 8.78 Å². The predicted octanol–water partition coefficient (Wildman–Crippen LogP) is 2.28. The van der Waals surface area contributed by atoms with Crippen molar-refractivity contribution in [3.8, 4) is 0 Å². The van der Waals surface area contributed by atoms with Crippen molar-refractivity contribution >= 4 is 0 Å². The molecule has 0 atom stereocenters. The Kier molecular flexibility index (Phi) is 5.02. The molecule has 0 spiro atoms. The van der Waals surface area contributed by atoms with E-state index in [0.717, 1.165) is 6.42 Å². The lowest BCUT2D eigenvalue weighted by Gasteiger charge is -2.29. The van der Waals surface area contributed by atoms with Crippen molar-refractivity contribution < 1.29 is 19.0 Å². The van der Waals surface area contributed by atoms with Gasteiger partial charge in [-0.3, -0.25) is 0 Å². The molecule has 0 radical (unpaired) electrons. The summed E-state index contributed by atoms with van der Waals surface area (Å²) in [5, 5.41) is 18.7. The Bertz CT molecular complexity index is 342. The summed E-state index contributed by atoms with van der Waals surface area (Å²) in [4.78, 5) is 0. The topological polar surface area (TPSA) is 40.5 Å². The van der Waals surface area contributed by atoms with Gasteiger partial charge in [-0.1, -0.05) is 19.4 Å². The Hall–Kier alpha value is -1.00. The van der Waals surface area contributed by atoms with Crippen molar-refractivity contribution in [1.29, 1.82) is 0 Å². The highest BCUT2D eigenvalue weighted by Crippen LogP contribution is 2.30. The van der Waals surface area contributed by atoms with Gasteiger partial charge in [0, 0.05) is 11.0 Å². The molecule has 1 aromatic rings. The summed E-state index contributed by atoms with van der Waals surface area (Å²) in [6.07, 6.45) is 1.26. The number of hydrogen-bond acceptors (Lipinski definition) is 2. The minimum atomic E-state index is -0.849. The zero-order valence-electron chi connectivity index (χ0n) is 9.92. The summed E-state index contributed by atoms with van der Waals surface area (Å²) < 4.78 is 27.0. The molecular weight excluding hydrogens is 226 g/mol. The molecule has 0 amide bonds. The fourth-order valence-corrected chi connectivity index (χ4v) is 2.01. The lowest BCUT2D eigenvalue weighted by Crippen LogP contribution is -2.33. The normalized spacial score (nSPS) is 11.8. The molecule has 1 aromatic carbocycles. The first-order valence-corrected chi connectivity index (χ1v) is 5.73. The van der Waals surface area contributed by atoms with Crippen LogP contribution in [0.15, 0.2) is 18.2 Å². The van der Waals surface area contributed by atoms with Crippen LogP contribution in [0.3, 0.4) is 0 Å². The molecule has 0 bridgehead atoms. The Morgan fingerprint density at radius 2 is 1.65 bits per heavy atom. The second-order valence-corrected chi connectivity index (χ2v) is 4.44. The number of aliphatic hydroxyl groups excluding tert-OH is 2. The third-order valence-electron chi connectivity index (χ3n) is 3.06. The van der Waals surface area contributed by atoms with E-state index in [1.54, 1.807) is 0 Å². The van der Waals surface area contributed by atoms with Crippen LogP contribution in [-0.4, -0.2) is 23.4 Å². The molecule has 2 N–H and O–H groups in total. The maximum Gasteiger partial charge on any atom is 0.129 e. The van der Waals surface area contributed by atoms with Gasteiger partial charge in [0.15, 0.2) is 0 Å². The zero-order valence-corrected chi connectivity index (χ0v) is 9.92. The molecule has 0 saturated carbocycles. The van der Waals surface area contributed by atoms with Gasteiger partial charge in [-0.05, 0) is 25.0 Å². The smallest absolute Gasteiger partial charge is 0.129 e. The molecule has 0 aromatic heterocycles. The fraction of sp³-hybridized carbons (Fsp3) is 0.538. The first kappa shape index (κ1) is 14.1. The summed E-state index contributed by atoms with van der Waals surface area (Å²) in [7, 11) is 0. The lowest BCUT2D eigenvalue weighted by atomic mass is 9.79. The van der Waals surface area contributed by atoms with Gasteiger partial charge in [-0.2, -0.15) is 0 Å². The van der Waals surface area contributed by atoms with E-state index >= 15 is 0 Å². The lowest BCUT2D eigenvalue weighted by molar-refractivity contribution is 0.0453. The van der Waals surface area contributed by atoms with Gasteiger partial charge in [-0.25, -0.2) is 8.78 Å². The van der Waals surface area contributed by atoms with Gasteiger partial charge >= 0.3 is 0 Å². The molecule has 2 nitrogen and oxygen atoms in total. The Morgan fingerprint density at radius 3 is 2.06 bits per heavy atom. The third kappa shape index (κ3) is 3.23. The average Bonchev–Trinajstić information content (AvgIpc) is 2.33. The van der Waals surface area contributed by atoms with E-state index in [1.807, 2.05) is 6.92 Å². The second kappa shape index (κ2) is 6.07. The number of rotatable bonds is 6. The molecule has 0 unspecified atom stereocenters. The van der Waals surface area contributed by atoms with Gasteiger partial charge in [0.25, 0.3) is 0 Å². The van der Waals surface area contributed by atoms with E-state index in [1.165, 1.54) is 18.2 Å². The summed E-state index contributed by atoms with van der Waals surface area (Å²) in [6.45, 7) is 1.33.